The summed E-state index contributed by atoms with van der Waals surface area (Å²) in [5, 5.41) is 20.7. The number of nitrogens with zero attached hydrogens (tertiary/aromatic N) is 1. The van der Waals surface area contributed by atoms with Gasteiger partial charge in [0.25, 0.3) is 0 Å². The summed E-state index contributed by atoms with van der Waals surface area (Å²) in [4.78, 5) is 13.8. The highest BCUT2D eigenvalue weighted by Crippen LogP contribution is 2.37. The van der Waals surface area contributed by atoms with Gasteiger partial charge in [0.15, 0.2) is 0 Å². The van der Waals surface area contributed by atoms with Crippen LogP contribution in [0.3, 0.4) is 0 Å². The molecule has 2 rings (SSSR count). The molecule has 1 saturated heterocycles. The molecule has 0 aromatic rings. The van der Waals surface area contributed by atoms with E-state index < -0.39 is 17.3 Å². The fourth-order valence-electron chi connectivity index (χ4n) is 3.44. The fourth-order valence-corrected chi connectivity index (χ4v) is 3.44. The van der Waals surface area contributed by atoms with Gasteiger partial charge in [0.2, 0.25) is 0 Å². The highest BCUT2D eigenvalue weighted by Gasteiger charge is 2.39. The van der Waals surface area contributed by atoms with Crippen LogP contribution in [0.15, 0.2) is 0 Å². The van der Waals surface area contributed by atoms with Crippen molar-refractivity contribution in [2.75, 3.05) is 13.1 Å². The van der Waals surface area contributed by atoms with Crippen LogP contribution in [0.1, 0.15) is 59.3 Å². The van der Waals surface area contributed by atoms with E-state index in [2.05, 4.69) is 0 Å². The Bertz CT molecular complexity index is 371. The number of hydrogen-bond donors (Lipinski definition) is 2. The van der Waals surface area contributed by atoms with Crippen LogP contribution in [-0.4, -0.2) is 51.6 Å². The third-order valence-electron chi connectivity index (χ3n) is 4.52. The quantitative estimate of drug-likeness (QED) is 0.821. The number of carbonyl (C=O) groups is 1. The van der Waals surface area contributed by atoms with Gasteiger partial charge in [-0.25, -0.2) is 4.79 Å². The zero-order chi connectivity index (χ0) is 15.7. The molecule has 1 saturated carbocycles. The lowest BCUT2D eigenvalue weighted by Crippen LogP contribution is -2.49. The second-order valence-corrected chi connectivity index (χ2v) is 7.68. The van der Waals surface area contributed by atoms with E-state index in [1.165, 1.54) is 0 Å². The van der Waals surface area contributed by atoms with Crippen molar-refractivity contribution in [2.24, 2.45) is 5.92 Å². The van der Waals surface area contributed by atoms with Crippen LogP contribution >= 0.6 is 0 Å². The highest BCUT2D eigenvalue weighted by molar-refractivity contribution is 5.68. The average molecular weight is 299 g/mol. The minimum Gasteiger partial charge on any atom is -0.444 e. The Kier molecular flexibility index (Phi) is 4.83. The van der Waals surface area contributed by atoms with Crippen molar-refractivity contribution in [3.8, 4) is 0 Å². The Morgan fingerprint density at radius 3 is 2.52 bits per heavy atom. The highest BCUT2D eigenvalue weighted by atomic mass is 16.6. The second kappa shape index (κ2) is 6.13. The van der Waals surface area contributed by atoms with Crippen LogP contribution < -0.4 is 0 Å². The van der Waals surface area contributed by atoms with E-state index in [0.717, 1.165) is 25.7 Å². The van der Waals surface area contributed by atoms with Crippen molar-refractivity contribution in [3.05, 3.63) is 0 Å². The molecule has 122 valence electrons. The molecule has 0 aromatic heterocycles. The second-order valence-electron chi connectivity index (χ2n) is 7.68. The number of carbonyl (C=O) groups excluding carboxylic acids is 1. The average Bonchev–Trinajstić information content (AvgIpc) is 2.76. The number of aliphatic hydroxyl groups excluding tert-OH is 1. The monoisotopic (exact) mass is 299 g/mol. The molecule has 5 heteroatoms. The molecule has 1 aliphatic carbocycles. The van der Waals surface area contributed by atoms with E-state index in [4.69, 9.17) is 4.74 Å². The van der Waals surface area contributed by atoms with Crippen molar-refractivity contribution in [3.63, 3.8) is 0 Å². The van der Waals surface area contributed by atoms with Gasteiger partial charge in [-0.05, 0) is 46.5 Å². The Balaban J connectivity index is 1.94. The minimum absolute atomic E-state index is 0.0608. The van der Waals surface area contributed by atoms with Gasteiger partial charge in [-0.1, -0.05) is 12.8 Å². The predicted molar refractivity (Wildman–Crippen MR) is 80.0 cm³/mol. The molecule has 0 radical (unpaired) electrons. The molecular formula is C16H29NO4. The molecule has 1 heterocycles. The van der Waals surface area contributed by atoms with Crippen molar-refractivity contribution in [1.29, 1.82) is 0 Å². The maximum absolute atomic E-state index is 12.1. The zero-order valence-electron chi connectivity index (χ0n) is 13.5. The van der Waals surface area contributed by atoms with Gasteiger partial charge in [-0.15, -0.1) is 0 Å². The van der Waals surface area contributed by atoms with Crippen LogP contribution in [0.5, 0.6) is 0 Å². The van der Waals surface area contributed by atoms with E-state index in [1.54, 1.807) is 4.90 Å². The molecule has 0 bridgehead atoms. The summed E-state index contributed by atoms with van der Waals surface area (Å²) in [5.74, 6) is -0.0608. The molecule has 2 N–H and O–H groups in total. The SMILES string of the molecule is CC(C)(C)OC(=O)N1CCC(O)C(CC2(O)CCCC2)C1. The number of likely N-dealkylation sites (tertiary alicyclic amines) is 1. The Morgan fingerprint density at radius 1 is 1.33 bits per heavy atom. The van der Waals surface area contributed by atoms with E-state index in [9.17, 15) is 15.0 Å². The first-order valence-electron chi connectivity index (χ1n) is 8.07. The maximum Gasteiger partial charge on any atom is 0.410 e. The van der Waals surface area contributed by atoms with Gasteiger partial charge in [-0.3, -0.25) is 0 Å². The van der Waals surface area contributed by atoms with Crippen molar-refractivity contribution >= 4 is 6.09 Å². The zero-order valence-corrected chi connectivity index (χ0v) is 13.5. The van der Waals surface area contributed by atoms with Gasteiger partial charge in [-0.2, -0.15) is 0 Å². The fraction of sp³-hybridized carbons (Fsp3) is 0.938. The van der Waals surface area contributed by atoms with E-state index in [0.29, 0.717) is 25.9 Å². The molecule has 0 aromatic carbocycles. The predicted octanol–water partition coefficient (Wildman–Crippen LogP) is 2.30. The minimum atomic E-state index is -0.650. The normalized spacial score (nSPS) is 29.5. The van der Waals surface area contributed by atoms with Crippen LogP contribution in [0, 0.1) is 5.92 Å². The lowest BCUT2D eigenvalue weighted by molar-refractivity contribution is -0.0443. The molecule has 1 amide bonds. The Morgan fingerprint density at radius 2 is 1.95 bits per heavy atom. The Labute approximate surface area is 127 Å². The summed E-state index contributed by atoms with van der Waals surface area (Å²) in [7, 11) is 0. The molecule has 2 aliphatic rings. The third-order valence-corrected chi connectivity index (χ3v) is 4.52. The standard InChI is InChI=1S/C16H29NO4/c1-15(2,3)21-14(19)17-9-6-13(18)12(11-17)10-16(20)7-4-5-8-16/h12-13,18,20H,4-11H2,1-3H3. The van der Waals surface area contributed by atoms with Gasteiger partial charge >= 0.3 is 6.09 Å². The first-order chi connectivity index (χ1) is 9.69. The van der Waals surface area contributed by atoms with Gasteiger partial charge in [0.1, 0.15) is 5.60 Å². The van der Waals surface area contributed by atoms with Crippen LogP contribution in [0.2, 0.25) is 0 Å². The molecule has 21 heavy (non-hydrogen) atoms. The van der Waals surface area contributed by atoms with Gasteiger partial charge in [0, 0.05) is 19.0 Å². The molecule has 2 unspecified atom stereocenters. The Hall–Kier alpha value is -0.810. The smallest absolute Gasteiger partial charge is 0.410 e. The lowest BCUT2D eigenvalue weighted by atomic mass is 9.83. The van der Waals surface area contributed by atoms with E-state index in [1.807, 2.05) is 20.8 Å². The number of ether oxygens (including phenoxy) is 1. The lowest BCUT2D eigenvalue weighted by Gasteiger charge is -2.39. The number of hydrogen-bond acceptors (Lipinski definition) is 4. The van der Waals surface area contributed by atoms with Crippen molar-refractivity contribution < 1.29 is 19.7 Å². The summed E-state index contributed by atoms with van der Waals surface area (Å²) >= 11 is 0. The van der Waals surface area contributed by atoms with Crippen LogP contribution in [-0.2, 0) is 4.74 Å². The molecule has 5 nitrogen and oxygen atoms in total. The number of aliphatic hydroxyl groups is 2. The number of rotatable bonds is 2. The van der Waals surface area contributed by atoms with Gasteiger partial charge in [0.05, 0.1) is 11.7 Å². The summed E-state index contributed by atoms with van der Waals surface area (Å²) < 4.78 is 5.40. The third kappa shape index (κ3) is 4.58. The van der Waals surface area contributed by atoms with Crippen LogP contribution in [0.25, 0.3) is 0 Å². The number of piperidine rings is 1. The first-order valence-corrected chi connectivity index (χ1v) is 8.07. The van der Waals surface area contributed by atoms with Crippen molar-refractivity contribution in [1.82, 2.24) is 4.90 Å². The summed E-state index contributed by atoms with van der Waals surface area (Å²) in [6.07, 6.45) is 4.09. The summed E-state index contributed by atoms with van der Waals surface area (Å²) in [6, 6.07) is 0. The molecule has 1 aliphatic heterocycles. The van der Waals surface area contributed by atoms with Gasteiger partial charge < -0.3 is 19.8 Å². The summed E-state index contributed by atoms with van der Waals surface area (Å²) in [5.41, 5.74) is -1.16. The first kappa shape index (κ1) is 16.6. The maximum atomic E-state index is 12.1. The molecule has 2 atom stereocenters. The van der Waals surface area contributed by atoms with Crippen LogP contribution in [0.4, 0.5) is 4.79 Å². The summed E-state index contributed by atoms with van der Waals surface area (Å²) in [6.45, 7) is 6.54. The van der Waals surface area contributed by atoms with E-state index >= 15 is 0 Å². The molecular weight excluding hydrogens is 270 g/mol. The van der Waals surface area contributed by atoms with Crippen molar-refractivity contribution in [2.45, 2.75) is 76.6 Å². The topological polar surface area (TPSA) is 70.0 Å². The number of amides is 1. The largest absolute Gasteiger partial charge is 0.444 e. The molecule has 2 fully saturated rings. The van der Waals surface area contributed by atoms with E-state index in [-0.39, 0.29) is 12.0 Å². The molecule has 0 spiro atoms.